The number of carbonyl (C=O) groups excluding carboxylic acids is 1. The van der Waals surface area contributed by atoms with Crippen molar-refractivity contribution in [2.75, 3.05) is 45.8 Å². The van der Waals surface area contributed by atoms with E-state index in [1.807, 2.05) is 5.01 Å². The molecule has 1 aromatic carbocycles. The zero-order valence-corrected chi connectivity index (χ0v) is 11.4. The first-order valence-electron chi connectivity index (χ1n) is 6.57. The molecule has 0 saturated carbocycles. The Bertz CT molecular complexity index is 527. The van der Waals surface area contributed by atoms with E-state index in [2.05, 4.69) is 17.4 Å². The van der Waals surface area contributed by atoms with E-state index in [9.17, 15) is 4.79 Å². The Morgan fingerprint density at radius 3 is 2.55 bits per heavy atom. The van der Waals surface area contributed by atoms with Crippen LogP contribution in [-0.4, -0.2) is 55.8 Å². The normalized spacial score (nSPS) is 19.1. The number of benzene rings is 1. The molecule has 20 heavy (non-hydrogen) atoms. The summed E-state index contributed by atoms with van der Waals surface area (Å²) in [5.74, 6) is 0.923. The van der Waals surface area contributed by atoms with Gasteiger partial charge in [0.05, 0.1) is 5.56 Å². The fraction of sp³-hybridized carbons (Fsp3) is 0.462. The molecule has 1 fully saturated rings. The summed E-state index contributed by atoms with van der Waals surface area (Å²) in [6.45, 7) is 3.62. The van der Waals surface area contributed by atoms with Gasteiger partial charge in [0.15, 0.2) is 11.5 Å². The Balaban J connectivity index is 1.71. The molecule has 0 atom stereocenters. The highest BCUT2D eigenvalue weighted by Gasteiger charge is 2.22. The fourth-order valence-corrected chi connectivity index (χ4v) is 2.28. The molecule has 2 heterocycles. The molecule has 108 valence electrons. The summed E-state index contributed by atoms with van der Waals surface area (Å²) in [4.78, 5) is 14.5. The van der Waals surface area contributed by atoms with Gasteiger partial charge in [-0.1, -0.05) is 0 Å². The van der Waals surface area contributed by atoms with E-state index in [0.717, 1.165) is 26.2 Å². The fourth-order valence-electron chi connectivity index (χ4n) is 2.28. The molecule has 1 aromatic rings. The highest BCUT2D eigenvalue weighted by atomic mass is 16.7. The van der Waals surface area contributed by atoms with Gasteiger partial charge in [0, 0.05) is 37.9 Å². The lowest BCUT2D eigenvalue weighted by molar-refractivity contribution is 0.0663. The van der Waals surface area contributed by atoms with Gasteiger partial charge in [0.25, 0.3) is 5.91 Å². The smallest absolute Gasteiger partial charge is 0.267 e. The first-order chi connectivity index (χ1) is 9.63. The van der Waals surface area contributed by atoms with Crippen LogP contribution in [0.15, 0.2) is 12.1 Å². The van der Waals surface area contributed by atoms with Crippen molar-refractivity contribution in [1.82, 2.24) is 15.3 Å². The van der Waals surface area contributed by atoms with Crippen LogP contribution in [0, 0.1) is 0 Å². The average molecular weight is 278 g/mol. The predicted octanol–water partition coefficient (Wildman–Crippen LogP) is -0.110. The Hall–Kier alpha value is -1.99. The second-order valence-electron chi connectivity index (χ2n) is 5.02. The van der Waals surface area contributed by atoms with Crippen LogP contribution in [0.2, 0.25) is 0 Å². The number of hydrazine groups is 1. The number of nitrogens with zero attached hydrogens (tertiary/aromatic N) is 2. The number of anilines is 1. The number of hydrogen-bond acceptors (Lipinski definition) is 6. The van der Waals surface area contributed by atoms with E-state index in [4.69, 9.17) is 15.2 Å². The summed E-state index contributed by atoms with van der Waals surface area (Å²) in [7, 11) is 2.06. The Labute approximate surface area is 117 Å². The Kier molecular flexibility index (Phi) is 3.37. The molecule has 2 aliphatic rings. The minimum Gasteiger partial charge on any atom is -0.454 e. The summed E-state index contributed by atoms with van der Waals surface area (Å²) in [5.41, 5.74) is 9.58. The second kappa shape index (κ2) is 5.18. The minimum atomic E-state index is -0.217. The highest BCUT2D eigenvalue weighted by molar-refractivity contribution is 5.99. The number of amides is 1. The Morgan fingerprint density at radius 1 is 1.20 bits per heavy atom. The van der Waals surface area contributed by atoms with Gasteiger partial charge in [0.2, 0.25) is 6.79 Å². The summed E-state index contributed by atoms with van der Waals surface area (Å²) in [5, 5.41) is 1.91. The van der Waals surface area contributed by atoms with Crippen molar-refractivity contribution in [2.45, 2.75) is 0 Å². The molecule has 0 unspecified atom stereocenters. The van der Waals surface area contributed by atoms with Gasteiger partial charge in [-0.15, -0.1) is 0 Å². The van der Waals surface area contributed by atoms with Gasteiger partial charge in [-0.05, 0) is 13.1 Å². The van der Waals surface area contributed by atoms with Gasteiger partial charge < -0.3 is 20.1 Å². The maximum absolute atomic E-state index is 12.3. The predicted molar refractivity (Wildman–Crippen MR) is 73.5 cm³/mol. The maximum atomic E-state index is 12.3. The van der Waals surface area contributed by atoms with E-state index in [0.29, 0.717) is 22.7 Å². The molecule has 7 heteroatoms. The van der Waals surface area contributed by atoms with Crippen molar-refractivity contribution in [3.8, 4) is 11.5 Å². The van der Waals surface area contributed by atoms with Crippen LogP contribution in [0.25, 0.3) is 0 Å². The number of rotatable bonds is 2. The molecule has 7 nitrogen and oxygen atoms in total. The molecule has 3 rings (SSSR count). The number of piperazine rings is 1. The number of nitrogens with one attached hydrogen (secondary N) is 1. The third-order valence-corrected chi connectivity index (χ3v) is 3.55. The number of ether oxygens (including phenoxy) is 2. The monoisotopic (exact) mass is 278 g/mol. The van der Waals surface area contributed by atoms with Crippen molar-refractivity contribution >= 4 is 11.6 Å². The molecule has 2 aliphatic heterocycles. The van der Waals surface area contributed by atoms with Gasteiger partial charge in [-0.3, -0.25) is 10.2 Å². The number of likely N-dealkylation sites (N-methyl/N-ethyl adjacent to an activating group) is 1. The third-order valence-electron chi connectivity index (χ3n) is 3.55. The second-order valence-corrected chi connectivity index (χ2v) is 5.02. The quantitative estimate of drug-likeness (QED) is 0.735. The lowest BCUT2D eigenvalue weighted by Gasteiger charge is -2.32. The molecule has 0 radical (unpaired) electrons. The number of nitrogens with two attached hydrogens (primary N) is 1. The van der Waals surface area contributed by atoms with Crippen molar-refractivity contribution in [2.24, 2.45) is 0 Å². The molecular weight excluding hydrogens is 260 g/mol. The third kappa shape index (κ3) is 2.50. The molecule has 0 spiro atoms. The van der Waals surface area contributed by atoms with Crippen LogP contribution >= 0.6 is 0 Å². The van der Waals surface area contributed by atoms with Crippen LogP contribution < -0.4 is 20.6 Å². The van der Waals surface area contributed by atoms with Crippen molar-refractivity contribution in [3.05, 3.63) is 17.7 Å². The van der Waals surface area contributed by atoms with Crippen LogP contribution in [-0.2, 0) is 0 Å². The minimum absolute atomic E-state index is 0.165. The van der Waals surface area contributed by atoms with Gasteiger partial charge in [-0.2, -0.15) is 0 Å². The highest BCUT2D eigenvalue weighted by Crippen LogP contribution is 2.35. The van der Waals surface area contributed by atoms with Crippen molar-refractivity contribution in [1.29, 1.82) is 0 Å². The summed E-state index contributed by atoms with van der Waals surface area (Å²) in [6.07, 6.45) is 0. The van der Waals surface area contributed by atoms with E-state index < -0.39 is 0 Å². The lowest BCUT2D eigenvalue weighted by Crippen LogP contribution is -2.52. The SMILES string of the molecule is CN1CCN(NC(=O)c2cc3c(cc2N)OCO3)CC1. The zero-order chi connectivity index (χ0) is 14.1. The van der Waals surface area contributed by atoms with Crippen LogP contribution in [0.5, 0.6) is 11.5 Å². The molecule has 0 aliphatic carbocycles. The number of nitrogen functional groups attached to an aromatic ring is 1. The standard InChI is InChI=1S/C13H18N4O3/c1-16-2-4-17(5-3-16)15-13(18)9-6-11-12(7-10(9)14)20-8-19-11/h6-7H,2-5,8,14H2,1H3,(H,15,18). The first kappa shape index (κ1) is 13.0. The first-order valence-corrected chi connectivity index (χ1v) is 6.57. The van der Waals surface area contributed by atoms with Crippen LogP contribution in [0.3, 0.4) is 0 Å². The maximum Gasteiger partial charge on any atom is 0.267 e. The molecule has 0 bridgehead atoms. The molecule has 1 amide bonds. The van der Waals surface area contributed by atoms with E-state index in [1.165, 1.54) is 0 Å². The molecule has 0 aromatic heterocycles. The summed E-state index contributed by atoms with van der Waals surface area (Å²) >= 11 is 0. The van der Waals surface area contributed by atoms with Crippen molar-refractivity contribution < 1.29 is 14.3 Å². The summed E-state index contributed by atoms with van der Waals surface area (Å²) < 4.78 is 10.5. The lowest BCUT2D eigenvalue weighted by atomic mass is 10.1. The zero-order valence-electron chi connectivity index (χ0n) is 11.4. The topological polar surface area (TPSA) is 80.1 Å². The summed E-state index contributed by atoms with van der Waals surface area (Å²) in [6, 6.07) is 3.25. The van der Waals surface area contributed by atoms with Gasteiger partial charge in [-0.25, -0.2) is 5.01 Å². The number of hydrogen-bond donors (Lipinski definition) is 2. The molecule has 1 saturated heterocycles. The molecular formula is C13H18N4O3. The van der Waals surface area contributed by atoms with E-state index >= 15 is 0 Å². The van der Waals surface area contributed by atoms with Gasteiger partial charge in [0.1, 0.15) is 0 Å². The van der Waals surface area contributed by atoms with Crippen LogP contribution in [0.1, 0.15) is 10.4 Å². The number of fused-ring (bicyclic) bond motifs is 1. The van der Waals surface area contributed by atoms with Crippen LogP contribution in [0.4, 0.5) is 5.69 Å². The number of carbonyl (C=O) groups is 1. The average Bonchev–Trinajstić information content (AvgIpc) is 2.87. The molecule has 3 N–H and O–H groups in total. The Morgan fingerprint density at radius 2 is 1.85 bits per heavy atom. The van der Waals surface area contributed by atoms with Gasteiger partial charge >= 0.3 is 0 Å². The van der Waals surface area contributed by atoms with Crippen molar-refractivity contribution in [3.63, 3.8) is 0 Å². The van der Waals surface area contributed by atoms with E-state index in [1.54, 1.807) is 12.1 Å². The van der Waals surface area contributed by atoms with E-state index in [-0.39, 0.29) is 12.7 Å². The largest absolute Gasteiger partial charge is 0.454 e.